The summed E-state index contributed by atoms with van der Waals surface area (Å²) in [5.74, 6) is -1.02. The minimum absolute atomic E-state index is 0.0162. The van der Waals surface area contributed by atoms with E-state index in [9.17, 15) is 13.6 Å². The molecule has 10 nitrogen and oxygen atoms in total. The smallest absolute Gasteiger partial charge is 0.266 e. The molecule has 1 heterocycles. The summed E-state index contributed by atoms with van der Waals surface area (Å²) in [5.41, 5.74) is 15.5. The zero-order chi connectivity index (χ0) is 33.2. The highest BCUT2D eigenvalue weighted by atomic mass is 79.9. The van der Waals surface area contributed by atoms with Crippen LogP contribution in [0.3, 0.4) is 0 Å². The topological polar surface area (TPSA) is 141 Å². The maximum Gasteiger partial charge on any atom is 0.266 e. The van der Waals surface area contributed by atoms with E-state index in [1.807, 2.05) is 48.5 Å². The highest BCUT2D eigenvalue weighted by Gasteiger charge is 2.53. The number of benzene rings is 4. The fourth-order valence-electron chi connectivity index (χ4n) is 5.21. The van der Waals surface area contributed by atoms with Crippen LogP contribution in [0.4, 0.5) is 8.78 Å². The molecule has 13 heteroatoms. The van der Waals surface area contributed by atoms with Gasteiger partial charge in [0, 0.05) is 46.5 Å². The molecule has 2 atom stereocenters. The molecular formula is C34H31BrF2N6O4. The molecule has 0 aliphatic carbocycles. The standard InChI is InChI=1S/C34H31BrF2N6O4/c35-27-10-6-22(7-11-27)31-34(19-24-4-1-2-5-25(24)20-40-43-38,33(45)42-39-21-26-18-28(36)12-15-30(26)37)41-32(47-31)23-8-13-29(14-9-23)46-17-3-16-44/h1-2,4-15,18,31,39,44H,3,16-17,19-21H2,(H,42,45)/t31-,34-/m0/s1. The number of aliphatic hydroxyl groups excluding tert-OH is 1. The third-order valence-corrected chi connectivity index (χ3v) is 8.10. The van der Waals surface area contributed by atoms with Crippen molar-refractivity contribution in [3.05, 3.63) is 145 Å². The number of ether oxygens (including phenoxy) is 2. The maximum absolute atomic E-state index is 14.4. The Morgan fingerprint density at radius 2 is 1.79 bits per heavy atom. The summed E-state index contributed by atoms with van der Waals surface area (Å²) in [4.78, 5) is 22.3. The molecular weight excluding hydrogens is 674 g/mol. The Hall–Kier alpha value is -4.81. The molecule has 1 amide bonds. The van der Waals surface area contributed by atoms with Gasteiger partial charge in [-0.3, -0.25) is 10.2 Å². The van der Waals surface area contributed by atoms with Crippen LogP contribution in [-0.4, -0.2) is 35.7 Å². The van der Waals surface area contributed by atoms with Crippen LogP contribution in [-0.2, 0) is 29.0 Å². The minimum atomic E-state index is -1.61. The second-order valence-corrected chi connectivity index (χ2v) is 11.6. The first-order chi connectivity index (χ1) is 22.8. The number of hydrazine groups is 1. The van der Waals surface area contributed by atoms with E-state index < -0.39 is 29.2 Å². The molecule has 0 aromatic heterocycles. The number of azide groups is 1. The Labute approximate surface area is 278 Å². The lowest BCUT2D eigenvalue weighted by molar-refractivity contribution is -0.130. The van der Waals surface area contributed by atoms with E-state index in [0.717, 1.165) is 22.7 Å². The summed E-state index contributed by atoms with van der Waals surface area (Å²) in [6.45, 7) is 0.225. The molecule has 0 fully saturated rings. The van der Waals surface area contributed by atoms with Crippen molar-refractivity contribution in [2.24, 2.45) is 10.1 Å². The molecule has 4 aromatic carbocycles. The number of aliphatic imine (C=N–C) groups is 1. The molecule has 3 N–H and O–H groups in total. The summed E-state index contributed by atoms with van der Waals surface area (Å²) in [6.07, 6.45) is -0.393. The molecule has 1 aliphatic rings. The number of nitrogens with one attached hydrogen (secondary N) is 2. The van der Waals surface area contributed by atoms with Gasteiger partial charge < -0.3 is 14.6 Å². The van der Waals surface area contributed by atoms with Crippen molar-refractivity contribution >= 4 is 27.7 Å². The first-order valence-electron chi connectivity index (χ1n) is 14.7. The largest absolute Gasteiger partial charge is 0.494 e. The summed E-state index contributed by atoms with van der Waals surface area (Å²) < 4.78 is 41.2. The zero-order valence-corrected chi connectivity index (χ0v) is 26.7. The van der Waals surface area contributed by atoms with E-state index in [1.54, 1.807) is 24.3 Å². The predicted octanol–water partition coefficient (Wildman–Crippen LogP) is 6.62. The van der Waals surface area contributed by atoms with Crippen LogP contribution in [0.15, 0.2) is 106 Å². The first-order valence-corrected chi connectivity index (χ1v) is 15.5. The Morgan fingerprint density at radius 1 is 1.04 bits per heavy atom. The van der Waals surface area contributed by atoms with Gasteiger partial charge in [-0.05, 0) is 76.8 Å². The fourth-order valence-corrected chi connectivity index (χ4v) is 5.47. The van der Waals surface area contributed by atoms with Gasteiger partial charge in [-0.25, -0.2) is 19.2 Å². The number of hydrogen-bond acceptors (Lipinski definition) is 7. The van der Waals surface area contributed by atoms with E-state index >= 15 is 0 Å². The molecule has 0 saturated carbocycles. The summed E-state index contributed by atoms with van der Waals surface area (Å²) >= 11 is 3.46. The average molecular weight is 706 g/mol. The van der Waals surface area contributed by atoms with E-state index in [0.29, 0.717) is 41.0 Å². The molecule has 242 valence electrons. The lowest BCUT2D eigenvalue weighted by atomic mass is 9.81. The van der Waals surface area contributed by atoms with Crippen LogP contribution in [0.5, 0.6) is 5.75 Å². The molecule has 0 unspecified atom stereocenters. The van der Waals surface area contributed by atoms with E-state index in [1.165, 1.54) is 0 Å². The predicted molar refractivity (Wildman–Crippen MR) is 175 cm³/mol. The van der Waals surface area contributed by atoms with E-state index in [2.05, 4.69) is 36.8 Å². The number of carbonyl (C=O) groups excluding carboxylic acids is 1. The minimum Gasteiger partial charge on any atom is -0.494 e. The number of aliphatic hydroxyl groups is 1. The van der Waals surface area contributed by atoms with Crippen LogP contribution in [0.25, 0.3) is 10.4 Å². The number of amides is 1. The molecule has 1 aliphatic heterocycles. The van der Waals surface area contributed by atoms with Crippen molar-refractivity contribution in [3.63, 3.8) is 0 Å². The fraction of sp³-hybridized carbons (Fsp3) is 0.235. The van der Waals surface area contributed by atoms with Gasteiger partial charge in [0.15, 0.2) is 11.6 Å². The van der Waals surface area contributed by atoms with Crippen molar-refractivity contribution in [2.45, 2.75) is 37.6 Å². The lowest BCUT2D eigenvalue weighted by Crippen LogP contribution is -2.53. The number of rotatable bonds is 14. The number of carbonyl (C=O) groups is 1. The number of halogens is 3. The Balaban J connectivity index is 1.56. The van der Waals surface area contributed by atoms with Crippen molar-refractivity contribution < 1.29 is 28.2 Å². The first kappa shape index (κ1) is 33.6. The van der Waals surface area contributed by atoms with Gasteiger partial charge in [0.2, 0.25) is 5.90 Å². The third-order valence-electron chi connectivity index (χ3n) is 7.57. The normalized spacial score (nSPS) is 16.9. The Kier molecular flexibility index (Phi) is 11.2. The molecule has 4 aromatic rings. The molecule has 0 radical (unpaired) electrons. The van der Waals surface area contributed by atoms with Crippen molar-refractivity contribution in [1.29, 1.82) is 0 Å². The summed E-state index contributed by atoms with van der Waals surface area (Å²) in [7, 11) is 0. The number of hydrogen-bond donors (Lipinski definition) is 3. The second kappa shape index (κ2) is 15.7. The SMILES string of the molecule is [N-]=[N+]=NCc1ccccc1C[C@]1(C(=O)NNCc2cc(F)ccc2F)N=C(c2ccc(OCCCO)cc2)O[C@H]1c1ccc(Br)cc1. The van der Waals surface area contributed by atoms with Crippen LogP contribution >= 0.6 is 15.9 Å². The molecule has 5 rings (SSSR count). The number of nitrogens with zero attached hydrogens (tertiary/aromatic N) is 4. The van der Waals surface area contributed by atoms with Gasteiger partial charge in [0.1, 0.15) is 17.4 Å². The van der Waals surface area contributed by atoms with Gasteiger partial charge in [0.05, 0.1) is 13.2 Å². The zero-order valence-electron chi connectivity index (χ0n) is 25.1. The van der Waals surface area contributed by atoms with Crippen molar-refractivity contribution in [2.75, 3.05) is 13.2 Å². The van der Waals surface area contributed by atoms with Crippen molar-refractivity contribution in [3.8, 4) is 5.75 Å². The van der Waals surface area contributed by atoms with Gasteiger partial charge in [-0.15, -0.1) is 0 Å². The third kappa shape index (κ3) is 8.13. The molecule has 0 spiro atoms. The second-order valence-electron chi connectivity index (χ2n) is 10.7. The maximum atomic E-state index is 14.4. The van der Waals surface area contributed by atoms with Crippen LogP contribution < -0.4 is 15.6 Å². The highest BCUT2D eigenvalue weighted by Crippen LogP contribution is 2.43. The van der Waals surface area contributed by atoms with Gasteiger partial charge in [-0.1, -0.05) is 57.4 Å². The van der Waals surface area contributed by atoms with E-state index in [-0.39, 0.29) is 37.6 Å². The molecule has 0 bridgehead atoms. The van der Waals surface area contributed by atoms with Gasteiger partial charge in [-0.2, -0.15) is 0 Å². The van der Waals surface area contributed by atoms with E-state index in [4.69, 9.17) is 25.1 Å². The monoisotopic (exact) mass is 704 g/mol. The van der Waals surface area contributed by atoms with Gasteiger partial charge >= 0.3 is 0 Å². The molecule has 47 heavy (non-hydrogen) atoms. The quantitative estimate of drug-likeness (QED) is 0.0445. The van der Waals surface area contributed by atoms with Crippen LogP contribution in [0, 0.1) is 11.6 Å². The summed E-state index contributed by atoms with van der Waals surface area (Å²) in [5, 5.41) is 12.8. The Bertz CT molecular complexity index is 1780. The molecule has 0 saturated heterocycles. The van der Waals surface area contributed by atoms with Crippen LogP contribution in [0.1, 0.15) is 40.3 Å². The average Bonchev–Trinajstić information content (AvgIpc) is 3.47. The lowest BCUT2D eigenvalue weighted by Gasteiger charge is -2.31. The van der Waals surface area contributed by atoms with Crippen molar-refractivity contribution in [1.82, 2.24) is 10.9 Å². The van der Waals surface area contributed by atoms with Gasteiger partial charge in [0.25, 0.3) is 5.91 Å². The highest BCUT2D eigenvalue weighted by molar-refractivity contribution is 9.10. The van der Waals surface area contributed by atoms with Crippen LogP contribution in [0.2, 0.25) is 0 Å². The summed E-state index contributed by atoms with van der Waals surface area (Å²) in [6, 6.07) is 24.7. The Morgan fingerprint density at radius 3 is 2.51 bits per heavy atom.